The topological polar surface area (TPSA) is 46.5 Å². The molecule has 2 heterocycles. The van der Waals surface area contributed by atoms with Crippen LogP contribution in [0.2, 0.25) is 0 Å². The second-order valence-corrected chi connectivity index (χ2v) is 5.39. The fourth-order valence-electron chi connectivity index (χ4n) is 1.78. The number of nitrogens with one attached hydrogen (secondary N) is 1. The molecule has 0 saturated heterocycles. The standard InChI is InChI=1S/C11H16N4S2/c1-3-4-9-13-14-11(16)15(9)7-8(2)10-12-5-6-17-10/h5-6,8H,3-4,7H2,1-2H3,(H,14,16). The number of nitrogens with zero attached hydrogens (tertiary/aromatic N) is 3. The van der Waals surface area contributed by atoms with Gasteiger partial charge in [-0.3, -0.25) is 5.10 Å². The van der Waals surface area contributed by atoms with Crippen molar-refractivity contribution < 1.29 is 0 Å². The molecule has 0 aliphatic carbocycles. The molecule has 0 bridgehead atoms. The van der Waals surface area contributed by atoms with Gasteiger partial charge in [-0.05, 0) is 18.6 Å². The van der Waals surface area contributed by atoms with Gasteiger partial charge in [0.2, 0.25) is 0 Å². The quantitative estimate of drug-likeness (QED) is 0.847. The fourth-order valence-corrected chi connectivity index (χ4v) is 2.70. The van der Waals surface area contributed by atoms with E-state index in [0.717, 1.165) is 30.2 Å². The van der Waals surface area contributed by atoms with Gasteiger partial charge in [0.15, 0.2) is 4.77 Å². The van der Waals surface area contributed by atoms with Crippen molar-refractivity contribution in [1.29, 1.82) is 0 Å². The third-order valence-electron chi connectivity index (χ3n) is 2.64. The van der Waals surface area contributed by atoms with E-state index in [-0.39, 0.29) is 0 Å². The smallest absolute Gasteiger partial charge is 0.195 e. The molecule has 4 nitrogen and oxygen atoms in total. The predicted octanol–water partition coefficient (Wildman–Crippen LogP) is 3.15. The first kappa shape index (κ1) is 12.4. The molecular weight excluding hydrogens is 252 g/mol. The van der Waals surface area contributed by atoms with E-state index >= 15 is 0 Å². The molecule has 0 radical (unpaired) electrons. The highest BCUT2D eigenvalue weighted by molar-refractivity contribution is 7.71. The van der Waals surface area contributed by atoms with Crippen LogP contribution in [0.25, 0.3) is 0 Å². The molecule has 2 aromatic rings. The van der Waals surface area contributed by atoms with Crippen molar-refractivity contribution in [2.75, 3.05) is 0 Å². The van der Waals surface area contributed by atoms with Gasteiger partial charge < -0.3 is 4.57 Å². The Morgan fingerprint density at radius 1 is 1.59 bits per heavy atom. The SMILES string of the molecule is CCCc1n[nH]c(=S)n1CC(C)c1nccs1. The molecule has 1 unspecified atom stereocenters. The average Bonchev–Trinajstić information content (AvgIpc) is 2.93. The van der Waals surface area contributed by atoms with Gasteiger partial charge in [-0.1, -0.05) is 13.8 Å². The summed E-state index contributed by atoms with van der Waals surface area (Å²) in [5.41, 5.74) is 0. The van der Waals surface area contributed by atoms with Crippen LogP contribution in [0.3, 0.4) is 0 Å². The summed E-state index contributed by atoms with van der Waals surface area (Å²) in [5, 5.41) is 10.3. The minimum atomic E-state index is 0.370. The van der Waals surface area contributed by atoms with Crippen molar-refractivity contribution in [2.24, 2.45) is 0 Å². The molecule has 0 fully saturated rings. The Morgan fingerprint density at radius 2 is 2.41 bits per heavy atom. The summed E-state index contributed by atoms with van der Waals surface area (Å²) in [6.07, 6.45) is 3.88. The summed E-state index contributed by atoms with van der Waals surface area (Å²) in [6, 6.07) is 0. The minimum Gasteiger partial charge on any atom is -0.303 e. The van der Waals surface area contributed by atoms with Crippen molar-refractivity contribution in [3.63, 3.8) is 0 Å². The Kier molecular flexibility index (Phi) is 4.06. The summed E-state index contributed by atoms with van der Waals surface area (Å²) >= 11 is 6.95. The van der Waals surface area contributed by atoms with Crippen LogP contribution >= 0.6 is 23.6 Å². The Bertz CT molecular complexity index is 512. The van der Waals surface area contributed by atoms with Gasteiger partial charge in [-0.15, -0.1) is 11.3 Å². The number of rotatable bonds is 5. The third-order valence-corrected chi connectivity index (χ3v) is 3.96. The molecule has 0 aromatic carbocycles. The molecule has 2 aromatic heterocycles. The van der Waals surface area contributed by atoms with E-state index in [9.17, 15) is 0 Å². The molecule has 0 aliphatic rings. The molecule has 0 amide bonds. The van der Waals surface area contributed by atoms with Crippen molar-refractivity contribution in [2.45, 2.75) is 39.2 Å². The maximum Gasteiger partial charge on any atom is 0.195 e. The minimum absolute atomic E-state index is 0.370. The van der Waals surface area contributed by atoms with Gasteiger partial charge in [-0.25, -0.2) is 4.98 Å². The number of aryl methyl sites for hydroxylation is 1. The number of hydrogen-bond acceptors (Lipinski definition) is 4. The number of thiazole rings is 1. The summed E-state index contributed by atoms with van der Waals surface area (Å²) in [6.45, 7) is 5.16. The maximum absolute atomic E-state index is 5.26. The second-order valence-electron chi connectivity index (χ2n) is 4.08. The molecular formula is C11H16N4S2. The van der Waals surface area contributed by atoms with Gasteiger partial charge in [0.25, 0.3) is 0 Å². The lowest BCUT2D eigenvalue weighted by atomic mass is 10.2. The van der Waals surface area contributed by atoms with Crippen molar-refractivity contribution in [1.82, 2.24) is 19.7 Å². The number of H-pyrrole nitrogens is 1. The molecule has 92 valence electrons. The van der Waals surface area contributed by atoms with Crippen LogP contribution in [0, 0.1) is 4.77 Å². The summed E-state index contributed by atoms with van der Waals surface area (Å²) < 4.78 is 2.79. The van der Waals surface area contributed by atoms with Crippen molar-refractivity contribution >= 4 is 23.6 Å². The molecule has 6 heteroatoms. The van der Waals surface area contributed by atoms with E-state index in [1.54, 1.807) is 11.3 Å². The maximum atomic E-state index is 5.26. The zero-order valence-corrected chi connectivity index (χ0v) is 11.6. The lowest BCUT2D eigenvalue weighted by Crippen LogP contribution is -2.10. The Morgan fingerprint density at radius 3 is 3.06 bits per heavy atom. The van der Waals surface area contributed by atoms with E-state index in [4.69, 9.17) is 12.2 Å². The fraction of sp³-hybridized carbons (Fsp3) is 0.545. The van der Waals surface area contributed by atoms with Gasteiger partial charge in [-0.2, -0.15) is 5.10 Å². The molecule has 0 saturated carbocycles. The number of aromatic amines is 1. The highest BCUT2D eigenvalue weighted by atomic mass is 32.1. The number of hydrogen-bond donors (Lipinski definition) is 1. The molecule has 17 heavy (non-hydrogen) atoms. The van der Waals surface area contributed by atoms with Gasteiger partial charge in [0.1, 0.15) is 5.82 Å². The van der Waals surface area contributed by atoms with Crippen LogP contribution in [-0.4, -0.2) is 19.7 Å². The van der Waals surface area contributed by atoms with E-state index < -0.39 is 0 Å². The van der Waals surface area contributed by atoms with Crippen molar-refractivity contribution in [3.8, 4) is 0 Å². The molecule has 0 spiro atoms. The third kappa shape index (κ3) is 2.81. The average molecular weight is 268 g/mol. The molecule has 0 aliphatic heterocycles. The first-order valence-electron chi connectivity index (χ1n) is 5.75. The van der Waals surface area contributed by atoms with Crippen LogP contribution in [0.1, 0.15) is 37.0 Å². The van der Waals surface area contributed by atoms with Gasteiger partial charge >= 0.3 is 0 Å². The zero-order valence-electron chi connectivity index (χ0n) is 10.0. The van der Waals surface area contributed by atoms with E-state index in [2.05, 4.69) is 33.6 Å². The van der Waals surface area contributed by atoms with E-state index in [0.29, 0.717) is 10.7 Å². The van der Waals surface area contributed by atoms with Gasteiger partial charge in [0, 0.05) is 30.5 Å². The highest BCUT2D eigenvalue weighted by Crippen LogP contribution is 2.20. The first-order chi connectivity index (χ1) is 8.22. The van der Waals surface area contributed by atoms with E-state index in [1.165, 1.54) is 0 Å². The normalized spacial score (nSPS) is 12.8. The second kappa shape index (κ2) is 5.55. The largest absolute Gasteiger partial charge is 0.303 e. The predicted molar refractivity (Wildman–Crippen MR) is 71.9 cm³/mol. The molecule has 1 N–H and O–H groups in total. The Labute approximate surface area is 110 Å². The zero-order chi connectivity index (χ0) is 12.3. The molecule has 2 rings (SSSR count). The van der Waals surface area contributed by atoms with Crippen LogP contribution in [0.4, 0.5) is 0 Å². The monoisotopic (exact) mass is 268 g/mol. The van der Waals surface area contributed by atoms with Crippen LogP contribution in [0.5, 0.6) is 0 Å². The first-order valence-corrected chi connectivity index (χ1v) is 7.04. The van der Waals surface area contributed by atoms with E-state index in [1.807, 2.05) is 11.6 Å². The van der Waals surface area contributed by atoms with Crippen LogP contribution in [0.15, 0.2) is 11.6 Å². The lowest BCUT2D eigenvalue weighted by Gasteiger charge is -2.11. The lowest BCUT2D eigenvalue weighted by molar-refractivity contribution is 0.562. The van der Waals surface area contributed by atoms with Crippen LogP contribution < -0.4 is 0 Å². The summed E-state index contributed by atoms with van der Waals surface area (Å²) in [7, 11) is 0. The Hall–Kier alpha value is -1.01. The van der Waals surface area contributed by atoms with Crippen molar-refractivity contribution in [3.05, 3.63) is 27.2 Å². The molecule has 1 atom stereocenters. The Balaban J connectivity index is 2.18. The van der Waals surface area contributed by atoms with Crippen LogP contribution in [-0.2, 0) is 13.0 Å². The summed E-state index contributed by atoms with van der Waals surface area (Å²) in [5.74, 6) is 1.41. The summed E-state index contributed by atoms with van der Waals surface area (Å²) in [4.78, 5) is 4.34. The highest BCUT2D eigenvalue weighted by Gasteiger charge is 2.12. The number of aromatic nitrogens is 4. The van der Waals surface area contributed by atoms with Gasteiger partial charge in [0.05, 0.1) is 5.01 Å².